The molecule has 152 valence electrons. The first-order chi connectivity index (χ1) is 14.3. The van der Waals surface area contributed by atoms with Gasteiger partial charge in [-0.3, -0.25) is 4.79 Å². The lowest BCUT2D eigenvalue weighted by molar-refractivity contribution is 0.821. The summed E-state index contributed by atoms with van der Waals surface area (Å²) in [5, 5.41) is 4.53. The summed E-state index contributed by atoms with van der Waals surface area (Å²) < 4.78 is 4.00. The first-order valence-electron chi connectivity index (χ1n) is 10.3. The third-order valence-corrected chi connectivity index (χ3v) is 6.59. The third-order valence-electron chi connectivity index (χ3n) is 6.59. The zero-order valence-corrected chi connectivity index (χ0v) is 18.6. The summed E-state index contributed by atoms with van der Waals surface area (Å²) in [6.45, 7) is 10.6. The van der Waals surface area contributed by atoms with Gasteiger partial charge in [-0.1, -0.05) is 42.5 Å². The molecule has 0 amide bonds. The number of pyridine rings is 2. The zero-order valence-electron chi connectivity index (χ0n) is 18.6. The summed E-state index contributed by atoms with van der Waals surface area (Å²) in [6, 6.07) is 18.5. The van der Waals surface area contributed by atoms with Crippen LogP contribution < -0.4 is 5.56 Å². The van der Waals surface area contributed by atoms with Crippen LogP contribution in [0.1, 0.15) is 28.1 Å². The number of aromatic nitrogens is 2. The number of aryl methyl sites for hydroxylation is 3. The summed E-state index contributed by atoms with van der Waals surface area (Å²) in [7, 11) is 1.82. The molecule has 0 spiro atoms. The van der Waals surface area contributed by atoms with Crippen LogP contribution in [0.15, 0.2) is 65.6 Å². The van der Waals surface area contributed by atoms with E-state index < -0.39 is 0 Å². The van der Waals surface area contributed by atoms with Gasteiger partial charge in [0, 0.05) is 35.4 Å². The van der Waals surface area contributed by atoms with Gasteiger partial charge in [0.1, 0.15) is 0 Å². The quantitative estimate of drug-likeness (QED) is 0.307. The Balaban J connectivity index is 0.000000147. The molecule has 0 bridgehead atoms. The van der Waals surface area contributed by atoms with Gasteiger partial charge in [-0.15, -0.1) is 0 Å². The van der Waals surface area contributed by atoms with Crippen LogP contribution in [0.5, 0.6) is 0 Å². The molecule has 3 heteroatoms. The van der Waals surface area contributed by atoms with Crippen molar-refractivity contribution in [2.45, 2.75) is 34.6 Å². The van der Waals surface area contributed by atoms with Crippen molar-refractivity contribution in [1.82, 2.24) is 8.97 Å². The second-order valence-corrected chi connectivity index (χ2v) is 8.08. The monoisotopic (exact) mass is 396 g/mol. The van der Waals surface area contributed by atoms with E-state index >= 15 is 0 Å². The highest BCUT2D eigenvalue weighted by Crippen LogP contribution is 2.28. The Morgan fingerprint density at radius 3 is 1.93 bits per heavy atom. The van der Waals surface area contributed by atoms with E-state index in [0.29, 0.717) is 0 Å². The van der Waals surface area contributed by atoms with Crippen LogP contribution in [-0.4, -0.2) is 8.97 Å². The van der Waals surface area contributed by atoms with Gasteiger partial charge in [-0.25, -0.2) is 0 Å². The Bertz CT molecular complexity index is 1470. The van der Waals surface area contributed by atoms with Crippen molar-refractivity contribution >= 4 is 27.1 Å². The average molecular weight is 397 g/mol. The topological polar surface area (TPSA) is 26.4 Å². The lowest BCUT2D eigenvalue weighted by Crippen LogP contribution is -2.20. The van der Waals surface area contributed by atoms with Gasteiger partial charge < -0.3 is 8.97 Å². The van der Waals surface area contributed by atoms with Crippen LogP contribution in [-0.2, 0) is 7.05 Å². The Kier molecular flexibility index (Phi) is 4.98. The molecule has 0 radical (unpaired) electrons. The highest BCUT2D eigenvalue weighted by Gasteiger charge is 2.10. The highest BCUT2D eigenvalue weighted by atomic mass is 16.1. The molecular formula is C27H28N2O. The van der Waals surface area contributed by atoms with Gasteiger partial charge in [-0.2, -0.15) is 0 Å². The molecular weight excluding hydrogens is 368 g/mol. The standard InChI is InChI=1S/C15H15N.C12H13NO/c1-10-11(2)15-14-7-5-4-6-13(14)8-9-16(15)12(10)3;1-8-9(2)13(3)12(14)11-7-5-4-6-10(8)11/h4-9H,1-3H3;4-7H,1-3H3. The van der Waals surface area contributed by atoms with Gasteiger partial charge in [-0.05, 0) is 74.2 Å². The van der Waals surface area contributed by atoms with Gasteiger partial charge in [0.15, 0.2) is 0 Å². The minimum absolute atomic E-state index is 0.0868. The number of hydrogen-bond acceptors (Lipinski definition) is 1. The minimum Gasteiger partial charge on any atom is -0.320 e. The van der Waals surface area contributed by atoms with E-state index in [9.17, 15) is 4.79 Å². The molecule has 5 aromatic rings. The zero-order chi connectivity index (χ0) is 21.6. The molecule has 0 saturated heterocycles. The van der Waals surface area contributed by atoms with Crippen molar-refractivity contribution in [3.8, 4) is 0 Å². The molecule has 0 aliphatic rings. The molecule has 30 heavy (non-hydrogen) atoms. The first-order valence-corrected chi connectivity index (χ1v) is 10.3. The summed E-state index contributed by atoms with van der Waals surface area (Å²) in [5.74, 6) is 0. The predicted octanol–water partition coefficient (Wildman–Crippen LogP) is 6.17. The molecule has 0 saturated carbocycles. The Labute approximate surface area is 177 Å². The molecule has 0 unspecified atom stereocenters. The maximum atomic E-state index is 11.9. The number of rotatable bonds is 0. The SMILES string of the molecule is Cc1c(C)c2c3ccccc3ccn2c1C.Cc1c(C)n(C)c(=O)c2ccccc12. The molecule has 0 N–H and O–H groups in total. The molecule has 3 aromatic heterocycles. The second kappa shape index (κ2) is 7.49. The number of hydrogen-bond donors (Lipinski definition) is 0. The predicted molar refractivity (Wildman–Crippen MR) is 128 cm³/mol. The lowest BCUT2D eigenvalue weighted by atomic mass is 10.1. The smallest absolute Gasteiger partial charge is 0.258 e. The van der Waals surface area contributed by atoms with E-state index in [2.05, 4.69) is 68.6 Å². The fourth-order valence-electron chi connectivity index (χ4n) is 4.29. The number of fused-ring (bicyclic) bond motifs is 4. The summed E-state index contributed by atoms with van der Waals surface area (Å²) >= 11 is 0. The molecule has 0 fully saturated rings. The average Bonchev–Trinajstić information content (AvgIpc) is 3.01. The molecule has 3 nitrogen and oxygen atoms in total. The maximum Gasteiger partial charge on any atom is 0.258 e. The molecule has 3 heterocycles. The van der Waals surface area contributed by atoms with Crippen molar-refractivity contribution in [3.63, 3.8) is 0 Å². The maximum absolute atomic E-state index is 11.9. The molecule has 2 aromatic carbocycles. The van der Waals surface area contributed by atoms with E-state index in [1.807, 2.05) is 38.2 Å². The second-order valence-electron chi connectivity index (χ2n) is 8.08. The highest BCUT2D eigenvalue weighted by molar-refractivity contribution is 5.98. The van der Waals surface area contributed by atoms with Crippen LogP contribution in [0.2, 0.25) is 0 Å². The van der Waals surface area contributed by atoms with E-state index in [-0.39, 0.29) is 5.56 Å². The fraction of sp³-hybridized carbons (Fsp3) is 0.222. The summed E-state index contributed by atoms with van der Waals surface area (Å²) in [6.07, 6.45) is 2.17. The Hall–Kier alpha value is -3.33. The van der Waals surface area contributed by atoms with Crippen LogP contribution in [0.3, 0.4) is 0 Å². The van der Waals surface area contributed by atoms with Crippen LogP contribution in [0.4, 0.5) is 0 Å². The normalized spacial score (nSPS) is 11.1. The summed E-state index contributed by atoms with van der Waals surface area (Å²) in [5.41, 5.74) is 7.80. The Morgan fingerprint density at radius 1 is 0.633 bits per heavy atom. The van der Waals surface area contributed by atoms with Gasteiger partial charge in [0.25, 0.3) is 5.56 Å². The number of benzene rings is 2. The largest absolute Gasteiger partial charge is 0.320 e. The fourth-order valence-corrected chi connectivity index (χ4v) is 4.29. The van der Waals surface area contributed by atoms with Crippen molar-refractivity contribution < 1.29 is 0 Å². The van der Waals surface area contributed by atoms with Crippen molar-refractivity contribution in [1.29, 1.82) is 0 Å². The first kappa shape index (κ1) is 20.0. The van der Waals surface area contributed by atoms with Crippen LogP contribution in [0.25, 0.3) is 27.1 Å². The van der Waals surface area contributed by atoms with Crippen LogP contribution in [0, 0.1) is 34.6 Å². The van der Waals surface area contributed by atoms with E-state index in [0.717, 1.165) is 16.5 Å². The Morgan fingerprint density at radius 2 is 1.23 bits per heavy atom. The lowest BCUT2D eigenvalue weighted by Gasteiger charge is -2.10. The molecule has 0 aliphatic heterocycles. The number of nitrogens with zero attached hydrogens (tertiary/aromatic N) is 2. The van der Waals surface area contributed by atoms with Crippen molar-refractivity contribution in [2.24, 2.45) is 7.05 Å². The summed E-state index contributed by atoms with van der Waals surface area (Å²) in [4.78, 5) is 11.9. The minimum atomic E-state index is 0.0868. The molecule has 0 atom stereocenters. The van der Waals surface area contributed by atoms with Gasteiger partial charge in [0.05, 0.1) is 5.52 Å². The van der Waals surface area contributed by atoms with Gasteiger partial charge >= 0.3 is 0 Å². The van der Waals surface area contributed by atoms with Gasteiger partial charge in [0.2, 0.25) is 0 Å². The van der Waals surface area contributed by atoms with Crippen LogP contribution >= 0.6 is 0 Å². The van der Waals surface area contributed by atoms with E-state index in [4.69, 9.17) is 0 Å². The molecule has 5 rings (SSSR count). The van der Waals surface area contributed by atoms with E-state index in [1.54, 1.807) is 4.57 Å². The molecule has 0 aliphatic carbocycles. The van der Waals surface area contributed by atoms with Crippen molar-refractivity contribution in [3.05, 3.63) is 99.2 Å². The van der Waals surface area contributed by atoms with E-state index in [1.165, 1.54) is 38.7 Å². The van der Waals surface area contributed by atoms with Crippen molar-refractivity contribution in [2.75, 3.05) is 0 Å². The third kappa shape index (κ3) is 3.02.